The summed E-state index contributed by atoms with van der Waals surface area (Å²) in [7, 11) is 0. The number of hydrogen-bond donors (Lipinski definition) is 1. The van der Waals surface area contributed by atoms with E-state index in [1.807, 2.05) is 38.1 Å². The van der Waals surface area contributed by atoms with Crippen LogP contribution in [0.5, 0.6) is 5.75 Å². The predicted octanol–water partition coefficient (Wildman–Crippen LogP) is 2.56. The fourth-order valence-corrected chi connectivity index (χ4v) is 1.83. The lowest BCUT2D eigenvalue weighted by atomic mass is 10.2. The van der Waals surface area contributed by atoms with E-state index >= 15 is 0 Å². The van der Waals surface area contributed by atoms with E-state index in [2.05, 4.69) is 12.2 Å². The molecule has 0 amide bonds. The Hall–Kier alpha value is -1.55. The number of nitrogens with one attached hydrogen (secondary N) is 1. The molecule has 0 aromatic heterocycles. The molecule has 1 N–H and O–H groups in total. The van der Waals surface area contributed by atoms with E-state index in [-0.39, 0.29) is 18.6 Å². The molecule has 4 heteroatoms. The van der Waals surface area contributed by atoms with Crippen molar-refractivity contribution in [1.82, 2.24) is 5.32 Å². The van der Waals surface area contributed by atoms with Gasteiger partial charge in [0, 0.05) is 6.04 Å². The Labute approximate surface area is 121 Å². The molecular formula is C16H25NO3. The average molecular weight is 279 g/mol. The van der Waals surface area contributed by atoms with Crippen LogP contribution in [-0.4, -0.2) is 31.3 Å². The Kier molecular flexibility index (Phi) is 7.09. The highest BCUT2D eigenvalue weighted by Crippen LogP contribution is 2.13. The second-order valence-electron chi connectivity index (χ2n) is 4.93. The van der Waals surface area contributed by atoms with E-state index < -0.39 is 6.04 Å². The molecule has 0 heterocycles. The van der Waals surface area contributed by atoms with Gasteiger partial charge in [-0.1, -0.05) is 32.9 Å². The van der Waals surface area contributed by atoms with Gasteiger partial charge < -0.3 is 9.47 Å². The van der Waals surface area contributed by atoms with Gasteiger partial charge in [-0.25, -0.2) is 0 Å². The van der Waals surface area contributed by atoms with Crippen LogP contribution < -0.4 is 10.1 Å². The molecule has 0 saturated carbocycles. The Morgan fingerprint density at radius 1 is 1.20 bits per heavy atom. The molecule has 20 heavy (non-hydrogen) atoms. The van der Waals surface area contributed by atoms with Crippen LogP contribution in [0.3, 0.4) is 0 Å². The van der Waals surface area contributed by atoms with Crippen LogP contribution in [-0.2, 0) is 16.0 Å². The van der Waals surface area contributed by atoms with E-state index in [0.29, 0.717) is 6.61 Å². The van der Waals surface area contributed by atoms with E-state index in [1.165, 1.54) is 5.56 Å². The van der Waals surface area contributed by atoms with Crippen molar-refractivity contribution in [1.29, 1.82) is 0 Å². The zero-order valence-corrected chi connectivity index (χ0v) is 12.8. The van der Waals surface area contributed by atoms with Crippen LogP contribution in [0, 0.1) is 0 Å². The van der Waals surface area contributed by atoms with Crippen LogP contribution in [0.2, 0.25) is 0 Å². The van der Waals surface area contributed by atoms with Crippen molar-refractivity contribution < 1.29 is 14.3 Å². The van der Waals surface area contributed by atoms with Gasteiger partial charge >= 0.3 is 5.97 Å². The molecule has 0 aliphatic carbocycles. The first-order valence-electron chi connectivity index (χ1n) is 7.21. The molecule has 1 aromatic carbocycles. The first-order chi connectivity index (χ1) is 9.56. The minimum atomic E-state index is -0.444. The number of carbonyl (C=O) groups excluding carboxylic acids is 1. The Balaban J connectivity index is 2.57. The monoisotopic (exact) mass is 279 g/mol. The first-order valence-corrected chi connectivity index (χ1v) is 7.21. The van der Waals surface area contributed by atoms with E-state index in [9.17, 15) is 4.79 Å². The summed E-state index contributed by atoms with van der Waals surface area (Å²) in [4.78, 5) is 11.8. The highest BCUT2D eigenvalue weighted by atomic mass is 16.5. The summed E-state index contributed by atoms with van der Waals surface area (Å²) in [6.07, 6.45) is 1.00. The summed E-state index contributed by atoms with van der Waals surface area (Å²) in [5.41, 5.74) is 1.26. The molecule has 0 bridgehead atoms. The summed E-state index contributed by atoms with van der Waals surface area (Å²) in [5, 5.41) is 3.16. The topological polar surface area (TPSA) is 47.6 Å². The third-order valence-corrected chi connectivity index (χ3v) is 2.85. The van der Waals surface area contributed by atoms with Gasteiger partial charge in [0.25, 0.3) is 0 Å². The van der Waals surface area contributed by atoms with Crippen LogP contribution in [0.15, 0.2) is 24.3 Å². The Bertz CT molecular complexity index is 401. The highest BCUT2D eigenvalue weighted by molar-refractivity contribution is 5.76. The number of ether oxygens (including phenoxy) is 2. The first kappa shape index (κ1) is 16.5. The van der Waals surface area contributed by atoms with Crippen molar-refractivity contribution in [2.75, 3.05) is 13.2 Å². The normalized spacial score (nSPS) is 12.2. The Morgan fingerprint density at radius 3 is 2.35 bits per heavy atom. The summed E-state index contributed by atoms with van der Waals surface area (Å²) in [6, 6.07) is 7.67. The van der Waals surface area contributed by atoms with Gasteiger partial charge in [0.05, 0.1) is 6.61 Å². The zero-order chi connectivity index (χ0) is 15.0. The van der Waals surface area contributed by atoms with Crippen LogP contribution in [0.1, 0.15) is 33.3 Å². The molecule has 0 aliphatic rings. The van der Waals surface area contributed by atoms with Gasteiger partial charge in [-0.15, -0.1) is 0 Å². The van der Waals surface area contributed by atoms with Gasteiger partial charge in [-0.3, -0.25) is 10.1 Å². The smallest absolute Gasteiger partial charge is 0.326 e. The maximum Gasteiger partial charge on any atom is 0.326 e. The molecule has 1 atom stereocenters. The summed E-state index contributed by atoms with van der Waals surface area (Å²) >= 11 is 0. The van der Waals surface area contributed by atoms with Crippen LogP contribution >= 0.6 is 0 Å². The third kappa shape index (κ3) is 5.61. The lowest BCUT2D eigenvalue weighted by Crippen LogP contribution is -2.45. The molecule has 1 aromatic rings. The summed E-state index contributed by atoms with van der Waals surface area (Å²) in [6.45, 7) is 8.53. The summed E-state index contributed by atoms with van der Waals surface area (Å²) in [5.74, 6) is 0.494. The molecule has 0 fully saturated rings. The van der Waals surface area contributed by atoms with Gasteiger partial charge in [-0.2, -0.15) is 0 Å². The fraction of sp³-hybridized carbons (Fsp3) is 0.562. The standard InChI is InChI=1S/C16H25NO3/c1-5-13-7-9-14(10-8-13)20-11-15(17-12(3)4)16(18)19-6-2/h7-10,12,15,17H,5-6,11H2,1-4H3. The fourth-order valence-electron chi connectivity index (χ4n) is 1.83. The maximum atomic E-state index is 11.8. The molecule has 1 rings (SSSR count). The van der Waals surface area contributed by atoms with Crippen molar-refractivity contribution in [3.05, 3.63) is 29.8 Å². The van der Waals surface area contributed by atoms with Crippen molar-refractivity contribution >= 4 is 5.97 Å². The molecule has 112 valence electrons. The number of carbonyl (C=O) groups is 1. The predicted molar refractivity (Wildman–Crippen MR) is 80.0 cm³/mol. The van der Waals surface area contributed by atoms with Gasteiger partial charge in [0.1, 0.15) is 18.4 Å². The van der Waals surface area contributed by atoms with Crippen molar-refractivity contribution in [3.8, 4) is 5.75 Å². The lowest BCUT2D eigenvalue weighted by Gasteiger charge is -2.20. The SMILES string of the molecule is CCOC(=O)C(COc1ccc(CC)cc1)NC(C)C. The van der Waals surface area contributed by atoms with Gasteiger partial charge in [0.2, 0.25) is 0 Å². The quantitative estimate of drug-likeness (QED) is 0.743. The van der Waals surface area contributed by atoms with E-state index in [4.69, 9.17) is 9.47 Å². The van der Waals surface area contributed by atoms with Gasteiger partial charge in [0.15, 0.2) is 0 Å². The molecule has 1 unspecified atom stereocenters. The highest BCUT2D eigenvalue weighted by Gasteiger charge is 2.21. The van der Waals surface area contributed by atoms with Crippen LogP contribution in [0.4, 0.5) is 0 Å². The van der Waals surface area contributed by atoms with Crippen molar-refractivity contribution in [2.24, 2.45) is 0 Å². The van der Waals surface area contributed by atoms with Crippen molar-refractivity contribution in [2.45, 2.75) is 46.2 Å². The zero-order valence-electron chi connectivity index (χ0n) is 12.8. The summed E-state index contributed by atoms with van der Waals surface area (Å²) < 4.78 is 10.7. The minimum absolute atomic E-state index is 0.190. The van der Waals surface area contributed by atoms with Crippen LogP contribution in [0.25, 0.3) is 0 Å². The number of benzene rings is 1. The number of hydrogen-bond acceptors (Lipinski definition) is 4. The minimum Gasteiger partial charge on any atom is -0.491 e. The van der Waals surface area contributed by atoms with Crippen molar-refractivity contribution in [3.63, 3.8) is 0 Å². The average Bonchev–Trinajstić information content (AvgIpc) is 2.43. The maximum absolute atomic E-state index is 11.8. The van der Waals surface area contributed by atoms with E-state index in [0.717, 1.165) is 12.2 Å². The molecule has 0 spiro atoms. The molecule has 0 aliphatic heterocycles. The molecule has 0 saturated heterocycles. The second-order valence-corrected chi connectivity index (χ2v) is 4.93. The number of esters is 1. The lowest BCUT2D eigenvalue weighted by molar-refractivity contribution is -0.146. The van der Waals surface area contributed by atoms with E-state index in [1.54, 1.807) is 6.92 Å². The van der Waals surface area contributed by atoms with Gasteiger partial charge in [-0.05, 0) is 31.0 Å². The largest absolute Gasteiger partial charge is 0.491 e. The second kappa shape index (κ2) is 8.59. The number of aryl methyl sites for hydroxylation is 1. The Morgan fingerprint density at radius 2 is 1.85 bits per heavy atom. The third-order valence-electron chi connectivity index (χ3n) is 2.85. The molecule has 4 nitrogen and oxygen atoms in total. The molecular weight excluding hydrogens is 254 g/mol. The molecule has 0 radical (unpaired) electrons. The number of rotatable bonds is 8.